The number of nitrogens with one attached hydrogen (secondary N) is 1. The van der Waals surface area contributed by atoms with Crippen LogP contribution in [0, 0.1) is 5.82 Å². The molecular formula is C20H21FN4O2S. The zero-order valence-electron chi connectivity index (χ0n) is 15.8. The van der Waals surface area contributed by atoms with Crippen LogP contribution < -0.4 is 10.1 Å². The number of halogens is 1. The summed E-state index contributed by atoms with van der Waals surface area (Å²) in [5.74, 6) is 1.00. The molecule has 28 heavy (non-hydrogen) atoms. The minimum Gasteiger partial charge on any atom is -0.497 e. The van der Waals surface area contributed by atoms with Crippen molar-refractivity contribution >= 4 is 17.7 Å². The van der Waals surface area contributed by atoms with Gasteiger partial charge >= 0.3 is 0 Å². The van der Waals surface area contributed by atoms with E-state index >= 15 is 0 Å². The van der Waals surface area contributed by atoms with Crippen molar-refractivity contribution in [1.29, 1.82) is 0 Å². The normalized spacial score (nSPS) is 11.9. The van der Waals surface area contributed by atoms with Crippen molar-refractivity contribution in [3.63, 3.8) is 0 Å². The molecule has 1 N–H and O–H groups in total. The molecule has 6 nitrogen and oxygen atoms in total. The van der Waals surface area contributed by atoms with Gasteiger partial charge in [0.1, 0.15) is 11.6 Å². The van der Waals surface area contributed by atoms with Crippen LogP contribution in [0.4, 0.5) is 4.39 Å². The summed E-state index contributed by atoms with van der Waals surface area (Å²) in [5, 5.41) is 11.5. The van der Waals surface area contributed by atoms with E-state index in [1.54, 1.807) is 23.8 Å². The van der Waals surface area contributed by atoms with Gasteiger partial charge in [0.15, 0.2) is 11.0 Å². The lowest BCUT2D eigenvalue weighted by Crippen LogP contribution is -2.30. The lowest BCUT2D eigenvalue weighted by Gasteiger charge is -2.12. The largest absolute Gasteiger partial charge is 0.497 e. The number of carbonyl (C=O) groups excluding carboxylic acids is 1. The van der Waals surface area contributed by atoms with Crippen LogP contribution in [0.3, 0.4) is 0 Å². The first-order valence-corrected chi connectivity index (χ1v) is 9.58. The van der Waals surface area contributed by atoms with E-state index < -0.39 is 0 Å². The second kappa shape index (κ2) is 8.88. The summed E-state index contributed by atoms with van der Waals surface area (Å²) in [5.41, 5.74) is 1.75. The Morgan fingerprint density at radius 2 is 1.86 bits per heavy atom. The maximum atomic E-state index is 13.1. The maximum Gasteiger partial charge on any atom is 0.233 e. The van der Waals surface area contributed by atoms with Crippen LogP contribution in [0.2, 0.25) is 0 Å². The summed E-state index contributed by atoms with van der Waals surface area (Å²) in [6.45, 7) is 2.26. The molecule has 8 heteroatoms. The molecule has 0 unspecified atom stereocenters. The molecule has 0 aliphatic rings. The third kappa shape index (κ3) is 4.69. The number of hydrogen-bond donors (Lipinski definition) is 1. The molecule has 0 radical (unpaired) electrons. The minimum atomic E-state index is -0.345. The summed E-state index contributed by atoms with van der Waals surface area (Å²) in [7, 11) is 3.44. The van der Waals surface area contributed by atoms with E-state index in [1.165, 1.54) is 23.9 Å². The Hall–Kier alpha value is -2.87. The Morgan fingerprint density at radius 1 is 1.18 bits per heavy atom. The highest BCUT2D eigenvalue weighted by Gasteiger charge is 2.19. The van der Waals surface area contributed by atoms with Crippen molar-refractivity contribution in [3.8, 4) is 17.1 Å². The molecule has 0 spiro atoms. The zero-order valence-corrected chi connectivity index (χ0v) is 16.7. The second-order valence-electron chi connectivity index (χ2n) is 6.20. The van der Waals surface area contributed by atoms with Crippen LogP contribution in [0.1, 0.15) is 12.5 Å². The van der Waals surface area contributed by atoms with Crippen LogP contribution in [0.15, 0.2) is 53.7 Å². The number of benzene rings is 2. The van der Waals surface area contributed by atoms with Crippen LogP contribution >= 0.6 is 11.8 Å². The number of thioether (sulfide) groups is 1. The van der Waals surface area contributed by atoms with Crippen molar-refractivity contribution in [2.75, 3.05) is 7.11 Å². The number of ether oxygens (including phenoxy) is 1. The van der Waals surface area contributed by atoms with E-state index in [2.05, 4.69) is 15.5 Å². The number of aromatic nitrogens is 3. The van der Waals surface area contributed by atoms with Gasteiger partial charge < -0.3 is 14.6 Å². The third-order valence-corrected chi connectivity index (χ3v) is 5.35. The molecule has 1 aromatic heterocycles. The predicted molar refractivity (Wildman–Crippen MR) is 107 cm³/mol. The fraction of sp³-hybridized carbons (Fsp3) is 0.250. The standard InChI is InChI=1S/C20H21FN4O2S/c1-13(19(26)22-12-14-4-10-17(27-3)11-5-14)28-20-24-23-18(25(20)2)15-6-8-16(21)9-7-15/h4-11,13H,12H2,1-3H3,(H,22,26)/t13-/m1/s1. The SMILES string of the molecule is COc1ccc(CNC(=O)[C@@H](C)Sc2nnc(-c3ccc(F)cc3)n2C)cc1. The van der Waals surface area contributed by atoms with Gasteiger partial charge in [-0.05, 0) is 48.9 Å². The number of methoxy groups -OCH3 is 1. The molecule has 1 amide bonds. The van der Waals surface area contributed by atoms with Gasteiger partial charge in [-0.3, -0.25) is 4.79 Å². The zero-order chi connectivity index (χ0) is 20.1. The van der Waals surface area contributed by atoms with Gasteiger partial charge in [0.2, 0.25) is 5.91 Å². The smallest absolute Gasteiger partial charge is 0.233 e. The molecule has 0 saturated carbocycles. The van der Waals surface area contributed by atoms with Crippen molar-refractivity contribution < 1.29 is 13.9 Å². The molecular weight excluding hydrogens is 379 g/mol. The summed E-state index contributed by atoms with van der Waals surface area (Å²) in [6, 6.07) is 13.6. The van der Waals surface area contributed by atoms with E-state index in [0.29, 0.717) is 17.5 Å². The van der Waals surface area contributed by atoms with Gasteiger partial charge in [-0.2, -0.15) is 0 Å². The molecule has 0 aliphatic heterocycles. The van der Waals surface area contributed by atoms with E-state index in [0.717, 1.165) is 16.9 Å². The van der Waals surface area contributed by atoms with Gasteiger partial charge in [-0.25, -0.2) is 4.39 Å². The van der Waals surface area contributed by atoms with E-state index in [-0.39, 0.29) is 17.0 Å². The lowest BCUT2D eigenvalue weighted by molar-refractivity contribution is -0.120. The molecule has 1 heterocycles. The first-order chi connectivity index (χ1) is 13.5. The first-order valence-electron chi connectivity index (χ1n) is 8.70. The summed E-state index contributed by atoms with van der Waals surface area (Å²) in [6.07, 6.45) is 0. The van der Waals surface area contributed by atoms with E-state index in [9.17, 15) is 9.18 Å². The summed E-state index contributed by atoms with van der Waals surface area (Å²) < 4.78 is 20.0. The van der Waals surface area contributed by atoms with Crippen LogP contribution in [-0.4, -0.2) is 33.0 Å². The van der Waals surface area contributed by atoms with Gasteiger partial charge in [-0.15, -0.1) is 10.2 Å². The Bertz CT molecular complexity index is 942. The second-order valence-corrected chi connectivity index (χ2v) is 7.51. The fourth-order valence-corrected chi connectivity index (χ4v) is 3.39. The van der Waals surface area contributed by atoms with Gasteiger partial charge in [0.25, 0.3) is 0 Å². The van der Waals surface area contributed by atoms with Gasteiger partial charge in [-0.1, -0.05) is 23.9 Å². The number of amides is 1. The molecule has 0 aliphatic carbocycles. The van der Waals surface area contributed by atoms with Crippen LogP contribution in [0.5, 0.6) is 5.75 Å². The molecule has 1 atom stereocenters. The Labute approximate surface area is 167 Å². The number of hydrogen-bond acceptors (Lipinski definition) is 5. The average molecular weight is 400 g/mol. The molecule has 146 valence electrons. The molecule has 0 fully saturated rings. The highest BCUT2D eigenvalue weighted by atomic mass is 32.2. The van der Waals surface area contributed by atoms with Crippen molar-refractivity contribution in [2.24, 2.45) is 7.05 Å². The molecule has 0 bridgehead atoms. The van der Waals surface area contributed by atoms with Crippen LogP contribution in [0.25, 0.3) is 11.4 Å². The quantitative estimate of drug-likeness (QED) is 0.616. The molecule has 0 saturated heterocycles. The Kier molecular flexibility index (Phi) is 6.30. The van der Waals surface area contributed by atoms with Gasteiger partial charge in [0, 0.05) is 19.2 Å². The van der Waals surface area contributed by atoms with E-state index in [1.807, 2.05) is 38.2 Å². The van der Waals surface area contributed by atoms with Crippen molar-refractivity contribution in [3.05, 3.63) is 59.9 Å². The number of nitrogens with zero attached hydrogens (tertiary/aromatic N) is 3. The van der Waals surface area contributed by atoms with Crippen molar-refractivity contribution in [2.45, 2.75) is 23.9 Å². The fourth-order valence-electron chi connectivity index (χ4n) is 2.56. The third-order valence-electron chi connectivity index (χ3n) is 4.21. The highest BCUT2D eigenvalue weighted by Crippen LogP contribution is 2.26. The van der Waals surface area contributed by atoms with Crippen LogP contribution in [-0.2, 0) is 18.4 Å². The first kappa shape index (κ1) is 19.9. The Morgan fingerprint density at radius 3 is 2.50 bits per heavy atom. The maximum absolute atomic E-state index is 13.1. The highest BCUT2D eigenvalue weighted by molar-refractivity contribution is 8.00. The number of rotatable bonds is 7. The predicted octanol–water partition coefficient (Wildman–Crippen LogP) is 3.43. The Balaban J connectivity index is 1.60. The summed E-state index contributed by atoms with van der Waals surface area (Å²) >= 11 is 1.32. The summed E-state index contributed by atoms with van der Waals surface area (Å²) in [4.78, 5) is 12.4. The molecule has 3 rings (SSSR count). The topological polar surface area (TPSA) is 69.0 Å². The number of carbonyl (C=O) groups is 1. The lowest BCUT2D eigenvalue weighted by atomic mass is 10.2. The molecule has 2 aromatic carbocycles. The minimum absolute atomic E-state index is 0.0906. The van der Waals surface area contributed by atoms with Gasteiger partial charge in [0.05, 0.1) is 12.4 Å². The van der Waals surface area contributed by atoms with E-state index in [4.69, 9.17) is 4.74 Å². The average Bonchev–Trinajstić information content (AvgIpc) is 3.07. The monoisotopic (exact) mass is 400 g/mol. The van der Waals surface area contributed by atoms with Crippen molar-refractivity contribution in [1.82, 2.24) is 20.1 Å². The molecule has 3 aromatic rings.